The van der Waals surface area contributed by atoms with Gasteiger partial charge in [-0.3, -0.25) is 9.80 Å². The molecule has 0 aromatic heterocycles. The molecule has 1 N–H and O–H groups in total. The summed E-state index contributed by atoms with van der Waals surface area (Å²) < 4.78 is 0. The lowest BCUT2D eigenvalue weighted by Crippen LogP contribution is -2.62. The highest BCUT2D eigenvalue weighted by Crippen LogP contribution is 2.40. The Morgan fingerprint density at radius 1 is 1.39 bits per heavy atom. The van der Waals surface area contributed by atoms with Crippen LogP contribution in [0.4, 0.5) is 0 Å². The van der Waals surface area contributed by atoms with Gasteiger partial charge in [-0.05, 0) is 46.7 Å². The van der Waals surface area contributed by atoms with Crippen molar-refractivity contribution in [1.82, 2.24) is 15.1 Å². The van der Waals surface area contributed by atoms with E-state index in [2.05, 4.69) is 42.1 Å². The highest BCUT2D eigenvalue weighted by molar-refractivity contribution is 5.16. The summed E-state index contributed by atoms with van der Waals surface area (Å²) in [5.74, 6) is 0.551. The van der Waals surface area contributed by atoms with Crippen molar-refractivity contribution < 1.29 is 0 Å². The van der Waals surface area contributed by atoms with Crippen molar-refractivity contribution in [1.29, 1.82) is 5.26 Å². The lowest BCUT2D eigenvalue weighted by molar-refractivity contribution is 0.0285. The van der Waals surface area contributed by atoms with E-state index < -0.39 is 0 Å². The molecular weight excluding hydrogens is 224 g/mol. The fraction of sp³-hybridized carbons (Fsp3) is 0.929. The van der Waals surface area contributed by atoms with E-state index in [0.29, 0.717) is 5.92 Å². The highest BCUT2D eigenvalue weighted by atomic mass is 15.3. The van der Waals surface area contributed by atoms with Crippen LogP contribution in [0.3, 0.4) is 0 Å². The molecule has 1 aliphatic carbocycles. The van der Waals surface area contributed by atoms with Crippen LogP contribution in [0, 0.1) is 17.2 Å². The molecule has 2 aliphatic rings. The van der Waals surface area contributed by atoms with Crippen LogP contribution >= 0.6 is 0 Å². The predicted molar refractivity (Wildman–Crippen MR) is 73.3 cm³/mol. The largest absolute Gasteiger partial charge is 0.301 e. The molecule has 0 bridgehead atoms. The van der Waals surface area contributed by atoms with Crippen LogP contribution < -0.4 is 5.32 Å². The lowest BCUT2D eigenvalue weighted by Gasteiger charge is -2.47. The molecule has 1 saturated heterocycles. The van der Waals surface area contributed by atoms with Crippen molar-refractivity contribution in [2.45, 2.75) is 37.8 Å². The fourth-order valence-electron chi connectivity index (χ4n) is 3.00. The number of hydrogen-bond acceptors (Lipinski definition) is 4. The third-order valence-corrected chi connectivity index (χ3v) is 4.79. The summed E-state index contributed by atoms with van der Waals surface area (Å²) in [5.41, 5.74) is -0.122. The topological polar surface area (TPSA) is 42.3 Å². The zero-order valence-electron chi connectivity index (χ0n) is 12.2. The van der Waals surface area contributed by atoms with Crippen LogP contribution in [0.2, 0.25) is 0 Å². The number of nitriles is 1. The molecule has 0 aromatic rings. The van der Waals surface area contributed by atoms with Crippen molar-refractivity contribution in [3.05, 3.63) is 0 Å². The van der Waals surface area contributed by atoms with E-state index in [1.165, 1.54) is 12.8 Å². The van der Waals surface area contributed by atoms with Crippen LogP contribution in [-0.4, -0.2) is 61.2 Å². The van der Waals surface area contributed by atoms with Crippen molar-refractivity contribution in [2.24, 2.45) is 5.92 Å². The number of nitrogens with zero attached hydrogens (tertiary/aromatic N) is 3. The van der Waals surface area contributed by atoms with Gasteiger partial charge in [0, 0.05) is 31.7 Å². The SMILES string of the molecule is CNC(C#N)(CN1CCN(C)C(C)(C)C1)C1CC1. The van der Waals surface area contributed by atoms with Gasteiger partial charge < -0.3 is 5.32 Å². The number of likely N-dealkylation sites (N-methyl/N-ethyl adjacent to an activating group) is 2. The van der Waals surface area contributed by atoms with Crippen LogP contribution in [-0.2, 0) is 0 Å². The first kappa shape index (κ1) is 13.8. The van der Waals surface area contributed by atoms with Crippen LogP contribution in [0.5, 0.6) is 0 Å². The summed E-state index contributed by atoms with van der Waals surface area (Å²) in [4.78, 5) is 4.87. The molecule has 0 aromatic carbocycles. The van der Waals surface area contributed by atoms with Gasteiger partial charge in [-0.1, -0.05) is 0 Å². The van der Waals surface area contributed by atoms with E-state index in [0.717, 1.165) is 26.2 Å². The minimum atomic E-state index is -0.327. The van der Waals surface area contributed by atoms with Crippen LogP contribution in [0.15, 0.2) is 0 Å². The number of hydrogen-bond donors (Lipinski definition) is 1. The van der Waals surface area contributed by atoms with Gasteiger partial charge in [0.05, 0.1) is 6.07 Å². The van der Waals surface area contributed by atoms with Gasteiger partial charge in [-0.15, -0.1) is 0 Å². The predicted octanol–water partition coefficient (Wildman–Crippen LogP) is 0.904. The zero-order valence-corrected chi connectivity index (χ0v) is 12.2. The van der Waals surface area contributed by atoms with Gasteiger partial charge >= 0.3 is 0 Å². The zero-order chi connectivity index (χ0) is 13.4. The molecule has 0 spiro atoms. The van der Waals surface area contributed by atoms with E-state index >= 15 is 0 Å². The molecule has 4 heteroatoms. The smallest absolute Gasteiger partial charge is 0.122 e. The van der Waals surface area contributed by atoms with E-state index in [-0.39, 0.29) is 11.1 Å². The second kappa shape index (κ2) is 4.80. The van der Waals surface area contributed by atoms with Gasteiger partial charge in [-0.2, -0.15) is 5.26 Å². The second-order valence-electron chi connectivity index (χ2n) is 6.55. The van der Waals surface area contributed by atoms with Gasteiger partial charge in [0.15, 0.2) is 0 Å². The van der Waals surface area contributed by atoms with E-state index in [4.69, 9.17) is 0 Å². The Kier molecular flexibility index (Phi) is 3.68. The Bertz CT molecular complexity index is 342. The van der Waals surface area contributed by atoms with Gasteiger partial charge in [-0.25, -0.2) is 0 Å². The Balaban J connectivity index is 2.03. The number of piperazine rings is 1. The molecule has 1 atom stereocenters. The van der Waals surface area contributed by atoms with Crippen LogP contribution in [0.1, 0.15) is 26.7 Å². The van der Waals surface area contributed by atoms with E-state index in [1.54, 1.807) is 0 Å². The van der Waals surface area contributed by atoms with Gasteiger partial charge in [0.25, 0.3) is 0 Å². The second-order valence-corrected chi connectivity index (χ2v) is 6.55. The average Bonchev–Trinajstić information content (AvgIpc) is 3.15. The van der Waals surface area contributed by atoms with Crippen molar-refractivity contribution in [3.8, 4) is 6.07 Å². The molecule has 4 nitrogen and oxygen atoms in total. The van der Waals surface area contributed by atoms with Gasteiger partial charge in [0.1, 0.15) is 5.54 Å². The van der Waals surface area contributed by atoms with Gasteiger partial charge in [0.2, 0.25) is 0 Å². The summed E-state index contributed by atoms with van der Waals surface area (Å²) in [6.45, 7) is 8.62. The molecule has 1 aliphatic heterocycles. The van der Waals surface area contributed by atoms with Crippen molar-refractivity contribution in [2.75, 3.05) is 40.3 Å². The summed E-state index contributed by atoms with van der Waals surface area (Å²) in [5, 5.41) is 12.8. The first-order valence-corrected chi connectivity index (χ1v) is 6.97. The molecule has 0 amide bonds. The quantitative estimate of drug-likeness (QED) is 0.805. The Labute approximate surface area is 111 Å². The normalized spacial score (nSPS) is 28.6. The Hall–Kier alpha value is -0.630. The minimum Gasteiger partial charge on any atom is -0.301 e. The molecular formula is C14H26N4. The maximum absolute atomic E-state index is 9.55. The lowest BCUT2D eigenvalue weighted by atomic mass is 9.92. The van der Waals surface area contributed by atoms with Crippen LogP contribution in [0.25, 0.3) is 0 Å². The Morgan fingerprint density at radius 3 is 2.50 bits per heavy atom. The molecule has 2 fully saturated rings. The number of rotatable bonds is 4. The fourth-order valence-corrected chi connectivity index (χ4v) is 3.00. The monoisotopic (exact) mass is 250 g/mol. The molecule has 2 rings (SSSR count). The third-order valence-electron chi connectivity index (χ3n) is 4.79. The Morgan fingerprint density at radius 2 is 2.06 bits per heavy atom. The van der Waals surface area contributed by atoms with Crippen molar-refractivity contribution >= 4 is 0 Å². The standard InChI is InChI=1S/C14H26N4/c1-13(2)10-18(8-7-17(13)4)11-14(9-15,16-3)12-5-6-12/h12,16H,5-8,10-11H2,1-4H3. The van der Waals surface area contributed by atoms with Crippen molar-refractivity contribution in [3.63, 3.8) is 0 Å². The summed E-state index contributed by atoms with van der Waals surface area (Å²) in [6.07, 6.45) is 2.40. The number of nitrogens with one attached hydrogen (secondary N) is 1. The van der Waals surface area contributed by atoms with E-state index in [9.17, 15) is 5.26 Å². The first-order chi connectivity index (χ1) is 8.43. The molecule has 1 unspecified atom stereocenters. The molecule has 18 heavy (non-hydrogen) atoms. The maximum atomic E-state index is 9.55. The third kappa shape index (κ3) is 2.54. The summed E-state index contributed by atoms with van der Waals surface area (Å²) in [6, 6.07) is 2.55. The molecule has 102 valence electrons. The van der Waals surface area contributed by atoms with E-state index in [1.807, 2.05) is 7.05 Å². The molecule has 1 saturated carbocycles. The minimum absolute atomic E-state index is 0.205. The summed E-state index contributed by atoms with van der Waals surface area (Å²) >= 11 is 0. The average molecular weight is 250 g/mol. The first-order valence-electron chi connectivity index (χ1n) is 6.97. The molecule has 0 radical (unpaired) electrons. The summed E-state index contributed by atoms with van der Waals surface area (Å²) in [7, 11) is 4.12. The highest BCUT2D eigenvalue weighted by Gasteiger charge is 2.46. The molecule has 1 heterocycles. The maximum Gasteiger partial charge on any atom is 0.122 e.